The number of anilines is 2. The fourth-order valence-corrected chi connectivity index (χ4v) is 8.29. The van der Waals surface area contributed by atoms with Gasteiger partial charge in [-0.1, -0.05) is 72.8 Å². The first-order valence-corrected chi connectivity index (χ1v) is 23.0. The van der Waals surface area contributed by atoms with E-state index in [1.165, 1.54) is 9.80 Å². The number of rotatable bonds is 20. The number of carbonyl (C=O) groups is 6. The smallest absolute Gasteiger partial charge is 0.410 e. The monoisotopic (exact) mass is 1090 g/mol. The van der Waals surface area contributed by atoms with E-state index in [-0.39, 0.29) is 97.3 Å². The lowest BCUT2D eigenvalue weighted by molar-refractivity contribution is -0.671. The van der Waals surface area contributed by atoms with Crippen molar-refractivity contribution in [2.24, 2.45) is 14.1 Å². The van der Waals surface area contributed by atoms with Crippen LogP contribution < -0.4 is 53.7 Å². The van der Waals surface area contributed by atoms with Gasteiger partial charge < -0.3 is 63.5 Å². The Balaban J connectivity index is 0.00000456. The van der Waals surface area contributed by atoms with Crippen molar-refractivity contribution < 1.29 is 90.8 Å². The summed E-state index contributed by atoms with van der Waals surface area (Å²) in [5.74, 6) is -2.05. The van der Waals surface area contributed by atoms with Gasteiger partial charge in [-0.05, 0) is 48.9 Å². The molecule has 4 heterocycles. The zero-order valence-corrected chi connectivity index (χ0v) is 42.4. The van der Waals surface area contributed by atoms with Crippen LogP contribution in [-0.4, -0.2) is 92.3 Å². The first-order chi connectivity index (χ1) is 33.0. The Morgan fingerprint density at radius 3 is 1.31 bits per heavy atom. The van der Waals surface area contributed by atoms with Crippen LogP contribution in [0, 0.1) is 0 Å². The number of para-hydroxylation sites is 2. The van der Waals surface area contributed by atoms with E-state index in [1.807, 2.05) is 130 Å². The zero-order chi connectivity index (χ0) is 47.8. The molecule has 20 heteroatoms. The molecule has 374 valence electrons. The molecular weight excluding hydrogens is 1030 g/mol. The highest BCUT2D eigenvalue weighted by Crippen LogP contribution is 2.29. The molecule has 4 atom stereocenters. The Hall–Kier alpha value is -6.54. The lowest BCUT2D eigenvalue weighted by Gasteiger charge is -2.25. The number of aryl methyl sites for hydroxylation is 4. The molecular formula is C50H60Br2N8O10. The number of esters is 2. The number of hydrogen-bond acceptors (Lipinski definition) is 10. The van der Waals surface area contributed by atoms with Crippen molar-refractivity contribution in [3.63, 3.8) is 0 Å². The second kappa shape index (κ2) is 27.0. The van der Waals surface area contributed by atoms with E-state index in [9.17, 15) is 28.8 Å². The van der Waals surface area contributed by atoms with Gasteiger partial charge in [-0.25, -0.2) is 27.9 Å². The average molecular weight is 1090 g/mol. The molecule has 2 fully saturated rings. The van der Waals surface area contributed by atoms with Gasteiger partial charge in [0.05, 0.1) is 51.6 Å². The summed E-state index contributed by atoms with van der Waals surface area (Å²) >= 11 is 0. The van der Waals surface area contributed by atoms with Crippen LogP contribution in [0.1, 0.15) is 62.5 Å². The number of nitrogens with one attached hydrogen (secondary N) is 2. The largest absolute Gasteiger partial charge is 1.00 e. The van der Waals surface area contributed by atoms with Gasteiger partial charge in [-0.15, -0.1) is 0 Å². The summed E-state index contributed by atoms with van der Waals surface area (Å²) in [5.41, 5.74) is 1.94. The Labute approximate surface area is 428 Å². The number of halogens is 2. The first kappa shape index (κ1) is 54.4. The van der Waals surface area contributed by atoms with Gasteiger partial charge in [0, 0.05) is 25.7 Å². The minimum absolute atomic E-state index is 0. The molecule has 0 spiro atoms. The van der Waals surface area contributed by atoms with Crippen LogP contribution in [0.15, 0.2) is 122 Å². The normalized spacial score (nSPS) is 17.1. The molecule has 2 aliphatic heterocycles. The molecule has 2 N–H and O–H groups in total. The molecule has 2 aliphatic rings. The van der Waals surface area contributed by atoms with Crippen LogP contribution >= 0.6 is 0 Å². The summed E-state index contributed by atoms with van der Waals surface area (Å²) in [6, 6.07) is 22.6. The zero-order valence-electron chi connectivity index (χ0n) is 39.3. The fourth-order valence-electron chi connectivity index (χ4n) is 8.29. The molecule has 18 nitrogen and oxygen atoms in total. The Kier molecular flexibility index (Phi) is 21.0. The molecule has 0 unspecified atom stereocenters. The van der Waals surface area contributed by atoms with Gasteiger partial charge in [0.25, 0.3) is 0 Å². The molecule has 0 aliphatic carbocycles. The van der Waals surface area contributed by atoms with E-state index < -0.39 is 60.2 Å². The third kappa shape index (κ3) is 16.0. The highest BCUT2D eigenvalue weighted by molar-refractivity contribution is 6.04. The quantitative estimate of drug-likeness (QED) is 0.0434. The fraction of sp³-hybridized carbons (Fsp3) is 0.400. The summed E-state index contributed by atoms with van der Waals surface area (Å²) in [7, 11) is 3.88. The van der Waals surface area contributed by atoms with Gasteiger partial charge in [0.1, 0.15) is 62.3 Å². The lowest BCUT2D eigenvalue weighted by atomic mass is 10.1. The maximum Gasteiger partial charge on any atom is 0.410 e. The van der Waals surface area contributed by atoms with Gasteiger partial charge in [-0.3, -0.25) is 29.0 Å². The summed E-state index contributed by atoms with van der Waals surface area (Å²) < 4.78 is 30.8. The minimum Gasteiger partial charge on any atom is -1.00 e. The summed E-state index contributed by atoms with van der Waals surface area (Å²) in [4.78, 5) is 84.1. The second-order valence-electron chi connectivity index (χ2n) is 17.2. The van der Waals surface area contributed by atoms with Crippen molar-refractivity contribution in [3.8, 4) is 0 Å². The van der Waals surface area contributed by atoms with Crippen molar-refractivity contribution >= 4 is 47.3 Å². The number of amides is 4. The van der Waals surface area contributed by atoms with Gasteiger partial charge in [0.15, 0.2) is 0 Å². The molecule has 7 rings (SSSR count). The molecule has 70 heavy (non-hydrogen) atoms. The molecule has 2 aromatic heterocycles. The van der Waals surface area contributed by atoms with Crippen LogP contribution in [0.2, 0.25) is 0 Å². The van der Waals surface area contributed by atoms with E-state index in [1.54, 1.807) is 24.3 Å². The van der Waals surface area contributed by atoms with E-state index in [4.69, 9.17) is 18.9 Å². The van der Waals surface area contributed by atoms with Gasteiger partial charge >= 0.3 is 24.1 Å². The molecule has 0 bridgehead atoms. The Bertz CT molecular complexity index is 2340. The van der Waals surface area contributed by atoms with Crippen LogP contribution in [-0.2, 0) is 78.5 Å². The van der Waals surface area contributed by atoms with Crippen molar-refractivity contribution in [2.75, 3.05) is 23.7 Å². The molecule has 0 radical (unpaired) electrons. The lowest BCUT2D eigenvalue weighted by Crippen LogP contribution is -3.00. The number of hydrogen-bond donors (Lipinski definition) is 2. The Morgan fingerprint density at radius 1 is 0.557 bits per heavy atom. The third-order valence-corrected chi connectivity index (χ3v) is 11.8. The third-order valence-electron chi connectivity index (χ3n) is 11.8. The van der Waals surface area contributed by atoms with E-state index in [0.717, 1.165) is 37.1 Å². The Morgan fingerprint density at radius 2 is 0.943 bits per heavy atom. The maximum absolute atomic E-state index is 14.2. The minimum atomic E-state index is -1.09. The molecule has 3 aromatic carbocycles. The number of nitrogens with zero attached hydrogens (tertiary/aromatic N) is 6. The van der Waals surface area contributed by atoms with Crippen molar-refractivity contribution in [1.29, 1.82) is 0 Å². The number of benzene rings is 3. The number of unbranched alkanes of at least 4 members (excludes halogenated alkanes) is 2. The summed E-state index contributed by atoms with van der Waals surface area (Å²) in [5, 5.41) is 5.72. The number of carbonyl (C=O) groups excluding carboxylic acids is 6. The van der Waals surface area contributed by atoms with Gasteiger partial charge in [0.2, 0.25) is 24.5 Å². The second-order valence-corrected chi connectivity index (χ2v) is 17.2. The predicted molar refractivity (Wildman–Crippen MR) is 246 cm³/mol. The highest BCUT2D eigenvalue weighted by Gasteiger charge is 2.44. The van der Waals surface area contributed by atoms with Crippen LogP contribution in [0.4, 0.5) is 21.0 Å². The molecule has 4 amide bonds. The first-order valence-electron chi connectivity index (χ1n) is 23.0. The average Bonchev–Trinajstić information content (AvgIpc) is 4.16. The van der Waals surface area contributed by atoms with Crippen LogP contribution in [0.5, 0.6) is 0 Å². The van der Waals surface area contributed by atoms with Crippen LogP contribution in [0.25, 0.3) is 0 Å². The number of aromatic nitrogens is 4. The molecule has 0 saturated carbocycles. The van der Waals surface area contributed by atoms with Crippen LogP contribution in [0.3, 0.4) is 0 Å². The molecule has 5 aromatic rings. The number of likely N-dealkylation sites (tertiary alicyclic amines) is 2. The summed E-state index contributed by atoms with van der Waals surface area (Å²) in [6.07, 6.45) is 11.7. The predicted octanol–water partition coefficient (Wildman–Crippen LogP) is -0.790. The summed E-state index contributed by atoms with van der Waals surface area (Å²) in [6.45, 7) is 1.30. The molecule has 2 saturated heterocycles. The van der Waals surface area contributed by atoms with E-state index in [2.05, 4.69) is 10.6 Å². The highest BCUT2D eigenvalue weighted by atomic mass is 79.9. The maximum atomic E-state index is 14.2. The number of imidazole rings is 2. The van der Waals surface area contributed by atoms with Crippen molar-refractivity contribution in [1.82, 2.24) is 18.9 Å². The SMILES string of the molecule is C[n+]1ccn(CCCCC(=O)O[C@@H]2C[C@@H](C(=O)Nc3ccccc3NC(=O)[C@@H]3C[C@@H](OC(=O)CCCCn4cc[n+](C)c4)CN3C(=O)OCc3ccccc3)N(C(=O)OCc3ccccc3)C2)c1.[Br-].[Br-]. The van der Waals surface area contributed by atoms with Crippen molar-refractivity contribution in [2.45, 2.75) is 102 Å². The topological polar surface area (TPSA) is 188 Å². The van der Waals surface area contributed by atoms with Gasteiger partial charge in [-0.2, -0.15) is 0 Å². The van der Waals surface area contributed by atoms with E-state index in [0.29, 0.717) is 12.8 Å². The van der Waals surface area contributed by atoms with Crippen molar-refractivity contribution in [3.05, 3.63) is 133 Å². The standard InChI is InChI=1S/C50H58N8O10.2BrH/c1-53-25-27-55(35-53)23-13-11-21-45(59)67-39-29-43(57(31-39)49(63)65-33-37-15-5-3-6-16-37)47(61)51-41-19-9-10-20-42(41)52-48(62)44-30-40(32-58(44)50(64)66-34-38-17-7-4-8-18-38)68-46(60)22-12-14-24-56-28-26-54(2)36-56;;/h3-10,15-20,25-28,35-36,39-40,43-44H,11-14,21-24,29-34H2,1-2H3;2*1H/t39-,40-,43+,44+;;/m1../s1. The number of ether oxygens (including phenoxy) is 4. The van der Waals surface area contributed by atoms with E-state index >= 15 is 0 Å².